The summed E-state index contributed by atoms with van der Waals surface area (Å²) < 4.78 is 10.4. The van der Waals surface area contributed by atoms with E-state index in [-0.39, 0.29) is 29.7 Å². The normalized spacial score (nSPS) is 7.58. The number of unbranched alkanes of at least 4 members (excludes halogenated alkanes) is 1. The van der Waals surface area contributed by atoms with Gasteiger partial charge in [-0.25, -0.2) is 0 Å². The van der Waals surface area contributed by atoms with Crippen molar-refractivity contribution in [2.75, 3.05) is 26.4 Å². The van der Waals surface area contributed by atoms with Crippen LogP contribution in [0.4, 0.5) is 0 Å². The van der Waals surface area contributed by atoms with Gasteiger partial charge in [-0.15, -0.1) is 0 Å². The number of rotatable bonds is 9. The van der Waals surface area contributed by atoms with E-state index in [1.165, 1.54) is 12.8 Å². The third-order valence-electron chi connectivity index (χ3n) is 1.69. The van der Waals surface area contributed by atoms with E-state index in [0.717, 1.165) is 45.7 Å². The van der Waals surface area contributed by atoms with Gasteiger partial charge in [0.15, 0.2) is 0 Å². The summed E-state index contributed by atoms with van der Waals surface area (Å²) in [6, 6.07) is 0. The molecular weight excluding hydrogens is 236 g/mol. The second-order valence-corrected chi connectivity index (χ2v) is 3.58. The summed E-state index contributed by atoms with van der Waals surface area (Å²) in [5.74, 6) is 0. The van der Waals surface area contributed by atoms with E-state index in [9.17, 15) is 0 Å². The van der Waals surface area contributed by atoms with Crippen LogP contribution < -0.4 is 0 Å². The predicted octanol–water partition coefficient (Wildman–Crippen LogP) is 6.58. The maximum Gasteiger partial charge on any atom is 0.0465 e. The Bertz CT molecular complexity index is 75.3. The van der Waals surface area contributed by atoms with Crippen molar-refractivity contribution in [1.29, 1.82) is 0 Å². The molecule has 0 aliphatic heterocycles. The van der Waals surface area contributed by atoms with E-state index in [1.807, 2.05) is 0 Å². The lowest BCUT2D eigenvalue weighted by Gasteiger charge is -1.97. The third kappa shape index (κ3) is 57.1. The molecule has 0 amide bonds. The first-order valence-corrected chi connectivity index (χ1v) is 6.48. The second-order valence-electron chi connectivity index (χ2n) is 3.58. The van der Waals surface area contributed by atoms with E-state index in [0.29, 0.717) is 0 Å². The van der Waals surface area contributed by atoms with Crippen LogP contribution in [0, 0.1) is 0 Å². The van der Waals surface area contributed by atoms with Crippen molar-refractivity contribution in [2.45, 2.75) is 89.5 Å². The fraction of sp³-hybridized carbons (Fsp3) is 1.00. The summed E-state index contributed by atoms with van der Waals surface area (Å²) in [5, 5.41) is 0. The molecule has 2 heteroatoms. The smallest absolute Gasteiger partial charge is 0.0465 e. The SMILES string of the molecule is C.C.C.C.CCCCOCCC.CCCOCCC. The van der Waals surface area contributed by atoms with Crippen LogP contribution in [0.3, 0.4) is 0 Å². The molecule has 126 valence electrons. The first-order valence-electron chi connectivity index (χ1n) is 6.48. The first kappa shape index (κ1) is 36.4. The van der Waals surface area contributed by atoms with Gasteiger partial charge in [0.2, 0.25) is 0 Å². The van der Waals surface area contributed by atoms with Gasteiger partial charge in [0.25, 0.3) is 0 Å². The monoisotopic (exact) mass is 282 g/mol. The van der Waals surface area contributed by atoms with Gasteiger partial charge in [-0.1, -0.05) is 63.8 Å². The fourth-order valence-electron chi connectivity index (χ4n) is 0.884. The molecule has 0 aromatic carbocycles. The van der Waals surface area contributed by atoms with Crippen molar-refractivity contribution in [3.8, 4) is 0 Å². The Morgan fingerprint density at radius 2 is 0.789 bits per heavy atom. The topological polar surface area (TPSA) is 18.5 Å². The summed E-state index contributed by atoms with van der Waals surface area (Å²) in [6.45, 7) is 12.3. The maximum atomic E-state index is 5.22. The van der Waals surface area contributed by atoms with Crippen LogP contribution in [-0.2, 0) is 9.47 Å². The summed E-state index contributed by atoms with van der Waals surface area (Å²) in [6.07, 6.45) is 5.87. The molecule has 0 aliphatic carbocycles. The van der Waals surface area contributed by atoms with Crippen LogP contribution in [0.15, 0.2) is 0 Å². The van der Waals surface area contributed by atoms with Crippen LogP contribution in [0.1, 0.15) is 89.5 Å². The van der Waals surface area contributed by atoms with Crippen molar-refractivity contribution in [3.63, 3.8) is 0 Å². The zero-order chi connectivity index (χ0) is 11.8. The van der Waals surface area contributed by atoms with Gasteiger partial charge in [-0.2, -0.15) is 0 Å². The minimum Gasteiger partial charge on any atom is -0.381 e. The maximum absolute atomic E-state index is 5.22. The standard InChI is InChI=1S/C7H16O.C6H14O.4CH4/c1-3-5-7-8-6-4-2;1-3-5-7-6-4-2;;;;/h3-7H2,1-2H3;3-6H2,1-2H3;4*1H4. The molecule has 0 bridgehead atoms. The minimum atomic E-state index is 0. The second kappa shape index (κ2) is 43.0. The summed E-state index contributed by atoms with van der Waals surface area (Å²) in [4.78, 5) is 0. The van der Waals surface area contributed by atoms with Crippen LogP contribution in [0.5, 0.6) is 0 Å². The van der Waals surface area contributed by atoms with Crippen molar-refractivity contribution in [2.24, 2.45) is 0 Å². The third-order valence-corrected chi connectivity index (χ3v) is 1.69. The molecule has 0 N–H and O–H groups in total. The zero-order valence-electron chi connectivity index (χ0n) is 11.2. The molecule has 0 aliphatic rings. The Hall–Kier alpha value is -0.0800. The van der Waals surface area contributed by atoms with Gasteiger partial charge in [-0.05, 0) is 25.7 Å². The van der Waals surface area contributed by atoms with Crippen molar-refractivity contribution in [1.82, 2.24) is 0 Å². The predicted molar refractivity (Wildman–Crippen MR) is 94.3 cm³/mol. The molecule has 0 aromatic heterocycles. The Morgan fingerprint density at radius 3 is 1.05 bits per heavy atom. The van der Waals surface area contributed by atoms with Gasteiger partial charge in [0.1, 0.15) is 0 Å². The van der Waals surface area contributed by atoms with E-state index >= 15 is 0 Å². The van der Waals surface area contributed by atoms with E-state index in [4.69, 9.17) is 9.47 Å². The van der Waals surface area contributed by atoms with Gasteiger partial charge >= 0.3 is 0 Å². The quantitative estimate of drug-likeness (QED) is 0.445. The lowest BCUT2D eigenvalue weighted by atomic mass is 10.4. The summed E-state index contributed by atoms with van der Waals surface area (Å²) in [5.41, 5.74) is 0. The molecule has 19 heavy (non-hydrogen) atoms. The molecular formula is C17H46O2. The highest BCUT2D eigenvalue weighted by Gasteiger charge is 1.81. The number of hydrogen-bond donors (Lipinski definition) is 0. The minimum absolute atomic E-state index is 0. The van der Waals surface area contributed by atoms with Crippen molar-refractivity contribution in [3.05, 3.63) is 0 Å². The average molecular weight is 283 g/mol. The molecule has 0 atom stereocenters. The Balaban J connectivity index is -0.0000000369. The Kier molecular flexibility index (Phi) is 82.4. The molecule has 0 radical (unpaired) electrons. The largest absolute Gasteiger partial charge is 0.381 e. The molecule has 0 spiro atoms. The van der Waals surface area contributed by atoms with Gasteiger partial charge in [-0.3, -0.25) is 0 Å². The van der Waals surface area contributed by atoms with Gasteiger partial charge in [0, 0.05) is 26.4 Å². The van der Waals surface area contributed by atoms with E-state index in [2.05, 4.69) is 27.7 Å². The van der Waals surface area contributed by atoms with Crippen LogP contribution in [-0.4, -0.2) is 26.4 Å². The van der Waals surface area contributed by atoms with Crippen LogP contribution in [0.25, 0.3) is 0 Å². The summed E-state index contributed by atoms with van der Waals surface area (Å²) in [7, 11) is 0. The molecule has 0 aromatic rings. The van der Waals surface area contributed by atoms with Gasteiger partial charge < -0.3 is 9.47 Å². The average Bonchev–Trinajstić information content (AvgIpc) is 2.26. The number of hydrogen-bond acceptors (Lipinski definition) is 2. The summed E-state index contributed by atoms with van der Waals surface area (Å²) >= 11 is 0. The molecule has 0 saturated carbocycles. The van der Waals surface area contributed by atoms with E-state index in [1.54, 1.807) is 0 Å². The lowest BCUT2D eigenvalue weighted by molar-refractivity contribution is 0.132. The lowest BCUT2D eigenvalue weighted by Crippen LogP contribution is -1.93. The molecule has 0 heterocycles. The molecule has 0 unspecified atom stereocenters. The fourth-order valence-corrected chi connectivity index (χ4v) is 0.884. The van der Waals surface area contributed by atoms with Crippen molar-refractivity contribution < 1.29 is 9.47 Å². The first-order chi connectivity index (χ1) is 7.33. The highest BCUT2D eigenvalue weighted by molar-refractivity contribution is 4.30. The highest BCUT2D eigenvalue weighted by atomic mass is 16.5. The molecule has 0 saturated heterocycles. The van der Waals surface area contributed by atoms with E-state index < -0.39 is 0 Å². The molecule has 2 nitrogen and oxygen atoms in total. The van der Waals surface area contributed by atoms with Crippen LogP contribution >= 0.6 is 0 Å². The molecule has 0 fully saturated rings. The number of ether oxygens (including phenoxy) is 2. The Labute approximate surface area is 126 Å². The molecule has 0 rings (SSSR count). The van der Waals surface area contributed by atoms with Crippen LogP contribution in [0.2, 0.25) is 0 Å². The Morgan fingerprint density at radius 1 is 0.474 bits per heavy atom. The van der Waals surface area contributed by atoms with Crippen molar-refractivity contribution >= 4 is 0 Å². The zero-order valence-corrected chi connectivity index (χ0v) is 11.2. The van der Waals surface area contributed by atoms with Gasteiger partial charge in [0.05, 0.1) is 0 Å². The highest BCUT2D eigenvalue weighted by Crippen LogP contribution is 1.88.